The molecular formula is C31H37F2N3O2. The zero-order valence-electron chi connectivity index (χ0n) is 22.6. The van der Waals surface area contributed by atoms with E-state index in [9.17, 15) is 14.3 Å². The second kappa shape index (κ2) is 12.8. The van der Waals surface area contributed by atoms with Crippen molar-refractivity contribution >= 4 is 18.7 Å². The van der Waals surface area contributed by atoms with Crippen molar-refractivity contribution in [3.05, 3.63) is 87.4 Å². The molecule has 1 amide bonds. The van der Waals surface area contributed by atoms with Gasteiger partial charge in [0.15, 0.2) is 5.82 Å². The van der Waals surface area contributed by atoms with Crippen molar-refractivity contribution in [1.82, 2.24) is 15.6 Å². The maximum Gasteiger partial charge on any atom is 0.251 e. The number of carbonyl (C=O) groups is 1. The number of nitrogens with zero attached hydrogens (tertiary/aromatic N) is 1. The Hall–Kier alpha value is -3.58. The Balaban J connectivity index is 1.93. The minimum Gasteiger partial charge on any atom is -0.390 e. The Bertz CT molecular complexity index is 1370. The highest BCUT2D eigenvalue weighted by molar-refractivity contribution is 5.94. The van der Waals surface area contributed by atoms with Gasteiger partial charge in [-0.3, -0.25) is 4.79 Å². The summed E-state index contributed by atoms with van der Waals surface area (Å²) in [7, 11) is 0. The molecule has 0 spiro atoms. The highest BCUT2D eigenvalue weighted by atomic mass is 19.1. The van der Waals surface area contributed by atoms with E-state index in [2.05, 4.69) is 29.1 Å². The van der Waals surface area contributed by atoms with E-state index in [0.29, 0.717) is 23.2 Å². The molecule has 0 saturated carbocycles. The van der Waals surface area contributed by atoms with E-state index in [0.717, 1.165) is 29.8 Å². The van der Waals surface area contributed by atoms with Gasteiger partial charge in [0.25, 0.3) is 5.91 Å². The Labute approximate surface area is 223 Å². The lowest BCUT2D eigenvalue weighted by Gasteiger charge is -2.24. The molecule has 0 radical (unpaired) electrons. The molecule has 202 valence electrons. The zero-order chi connectivity index (χ0) is 27.9. The van der Waals surface area contributed by atoms with Crippen LogP contribution in [0.5, 0.6) is 0 Å². The molecule has 0 aliphatic carbocycles. The number of hydrogen-bond acceptors (Lipinski definition) is 4. The van der Waals surface area contributed by atoms with Gasteiger partial charge in [-0.1, -0.05) is 32.9 Å². The first-order valence-electron chi connectivity index (χ1n) is 13.0. The molecule has 1 aromatic heterocycles. The fraction of sp³-hybridized carbons (Fsp3) is 0.355. The molecule has 3 N–H and O–H groups in total. The van der Waals surface area contributed by atoms with Crippen molar-refractivity contribution in [1.29, 1.82) is 0 Å². The summed E-state index contributed by atoms with van der Waals surface area (Å²) in [6.45, 7) is 12.2. The summed E-state index contributed by atoms with van der Waals surface area (Å²) in [5, 5.41) is 18.6. The number of aliphatic hydroxyl groups is 1. The number of pyridine rings is 1. The Morgan fingerprint density at radius 1 is 1.11 bits per heavy atom. The van der Waals surface area contributed by atoms with Crippen molar-refractivity contribution in [2.75, 3.05) is 13.1 Å². The first-order valence-corrected chi connectivity index (χ1v) is 13.0. The third kappa shape index (κ3) is 7.25. The average molecular weight is 522 g/mol. The van der Waals surface area contributed by atoms with Crippen molar-refractivity contribution in [3.8, 4) is 11.3 Å². The molecule has 0 fully saturated rings. The number of hydrogen-bond donors (Lipinski definition) is 3. The minimum atomic E-state index is -1.47. The van der Waals surface area contributed by atoms with Crippen molar-refractivity contribution < 1.29 is 18.7 Å². The maximum atomic E-state index is 15.5. The van der Waals surface area contributed by atoms with Gasteiger partial charge < -0.3 is 15.7 Å². The second-order valence-electron chi connectivity index (χ2n) is 10.0. The van der Waals surface area contributed by atoms with Gasteiger partial charge in [-0.25, -0.2) is 13.8 Å². The van der Waals surface area contributed by atoms with Gasteiger partial charge in [-0.15, -0.1) is 0 Å². The van der Waals surface area contributed by atoms with Crippen LogP contribution in [0, 0.1) is 11.6 Å². The van der Waals surface area contributed by atoms with Crippen molar-refractivity contribution in [2.24, 2.45) is 0 Å². The summed E-state index contributed by atoms with van der Waals surface area (Å²) in [6.07, 6.45) is 4.34. The fourth-order valence-corrected chi connectivity index (χ4v) is 4.22. The molecule has 0 saturated heterocycles. The predicted octanol–water partition coefficient (Wildman–Crippen LogP) is 4.72. The summed E-state index contributed by atoms with van der Waals surface area (Å²) in [4.78, 5) is 17.7. The number of halogens is 2. The predicted molar refractivity (Wildman–Crippen MR) is 149 cm³/mol. The van der Waals surface area contributed by atoms with E-state index < -0.39 is 17.2 Å². The molecule has 38 heavy (non-hydrogen) atoms. The molecule has 1 heterocycles. The molecule has 3 aromatic rings. The summed E-state index contributed by atoms with van der Waals surface area (Å²) in [6, 6.07) is 12.3. The van der Waals surface area contributed by atoms with Gasteiger partial charge in [-0.2, -0.15) is 0 Å². The fourth-order valence-electron chi connectivity index (χ4n) is 4.22. The van der Waals surface area contributed by atoms with Crippen LogP contribution in [-0.4, -0.2) is 29.1 Å². The van der Waals surface area contributed by atoms with Gasteiger partial charge >= 0.3 is 0 Å². The summed E-state index contributed by atoms with van der Waals surface area (Å²) in [5.41, 5.74) is 0.136. The van der Waals surface area contributed by atoms with E-state index >= 15 is 4.39 Å². The van der Waals surface area contributed by atoms with Crippen LogP contribution in [0.2, 0.25) is 0 Å². The Morgan fingerprint density at radius 3 is 2.45 bits per heavy atom. The molecule has 1 unspecified atom stereocenters. The maximum absolute atomic E-state index is 15.5. The van der Waals surface area contributed by atoms with Crippen LogP contribution in [0.3, 0.4) is 0 Å². The molecule has 7 heteroatoms. The summed E-state index contributed by atoms with van der Waals surface area (Å²) in [5.74, 6) is -1.55. The van der Waals surface area contributed by atoms with E-state index in [1.165, 1.54) is 38.1 Å². The third-order valence-corrected chi connectivity index (χ3v) is 6.38. The van der Waals surface area contributed by atoms with E-state index in [4.69, 9.17) is 0 Å². The van der Waals surface area contributed by atoms with E-state index in [1.807, 2.05) is 19.2 Å². The Kier molecular flexibility index (Phi) is 9.75. The molecule has 0 bridgehead atoms. The standard InChI is InChI=1S/C31H37F2N3O2/c1-6-8-23(19-35-30(37)22-10-9-20(3)24(16-22)18-34-15-7-2)27-17-26(31(4,5)38)28(33)29(36-27)21-11-13-25(32)14-12-21/h9-14,16-18,23,34,38H,3,6-8,15,19H2,1-2,4-5H3,(H,35,37)/b24-18-. The minimum absolute atomic E-state index is 0.0397. The molecular weight excluding hydrogens is 484 g/mol. The van der Waals surface area contributed by atoms with Crippen LogP contribution in [0.1, 0.15) is 74.5 Å². The first kappa shape index (κ1) is 29.0. The summed E-state index contributed by atoms with van der Waals surface area (Å²) < 4.78 is 29.0. The molecule has 2 aromatic carbocycles. The van der Waals surface area contributed by atoms with Gasteiger partial charge in [0.1, 0.15) is 11.5 Å². The van der Waals surface area contributed by atoms with Crippen LogP contribution in [0.15, 0.2) is 48.5 Å². The number of nitrogens with one attached hydrogen (secondary N) is 2. The summed E-state index contributed by atoms with van der Waals surface area (Å²) >= 11 is 0. The Morgan fingerprint density at radius 2 is 1.82 bits per heavy atom. The quantitative estimate of drug-likeness (QED) is 0.320. The largest absolute Gasteiger partial charge is 0.390 e. The molecule has 0 aliphatic rings. The van der Waals surface area contributed by atoms with Crippen LogP contribution >= 0.6 is 0 Å². The number of carbonyl (C=O) groups excluding carboxylic acids is 1. The molecule has 3 rings (SSSR count). The number of benzene rings is 2. The molecule has 0 aliphatic heterocycles. The lowest BCUT2D eigenvalue weighted by atomic mass is 9.91. The monoisotopic (exact) mass is 521 g/mol. The van der Waals surface area contributed by atoms with Crippen molar-refractivity contribution in [3.63, 3.8) is 0 Å². The van der Waals surface area contributed by atoms with E-state index in [1.54, 1.807) is 18.2 Å². The number of rotatable bonds is 11. The normalized spacial score (nSPS) is 12.9. The van der Waals surface area contributed by atoms with Gasteiger partial charge in [-0.05, 0) is 79.6 Å². The smallest absolute Gasteiger partial charge is 0.251 e. The second-order valence-corrected chi connectivity index (χ2v) is 10.0. The number of aromatic nitrogens is 1. The van der Waals surface area contributed by atoms with E-state index in [-0.39, 0.29) is 29.6 Å². The van der Waals surface area contributed by atoms with Crippen LogP contribution in [0.25, 0.3) is 24.0 Å². The first-order chi connectivity index (χ1) is 18.0. The highest BCUT2D eigenvalue weighted by Crippen LogP contribution is 2.33. The van der Waals surface area contributed by atoms with Gasteiger partial charge in [0.05, 0.1) is 5.60 Å². The van der Waals surface area contributed by atoms with Crippen LogP contribution in [-0.2, 0) is 5.60 Å². The molecule has 1 atom stereocenters. The lowest BCUT2D eigenvalue weighted by Crippen LogP contribution is -2.32. The van der Waals surface area contributed by atoms with Crippen LogP contribution in [0.4, 0.5) is 8.78 Å². The number of amides is 1. The SMILES string of the molecule is C=c1ccc(C(=O)NCC(CCC)c2cc(C(C)(C)O)c(F)c(-c3ccc(F)cc3)n2)c/c1=C/NCCC. The van der Waals surface area contributed by atoms with Crippen molar-refractivity contribution in [2.45, 2.75) is 58.5 Å². The van der Waals surface area contributed by atoms with Gasteiger partial charge in [0.2, 0.25) is 0 Å². The average Bonchev–Trinajstić information content (AvgIpc) is 2.87. The lowest BCUT2D eigenvalue weighted by molar-refractivity contribution is 0.0743. The third-order valence-electron chi connectivity index (χ3n) is 6.38. The zero-order valence-corrected chi connectivity index (χ0v) is 22.6. The van der Waals surface area contributed by atoms with Gasteiger partial charge in [0, 0.05) is 47.6 Å². The topological polar surface area (TPSA) is 74.2 Å². The molecule has 5 nitrogen and oxygen atoms in total. The highest BCUT2D eigenvalue weighted by Gasteiger charge is 2.27. The van der Waals surface area contributed by atoms with Crippen LogP contribution < -0.4 is 21.1 Å².